The monoisotopic (exact) mass is 451 g/mol. The van der Waals surface area contributed by atoms with E-state index >= 15 is 0 Å². The molecule has 0 amide bonds. The van der Waals surface area contributed by atoms with Gasteiger partial charge in [-0.3, -0.25) is 4.79 Å². The number of Topliss-reactive ketones (excluding diaryl/α,β-unsaturated/α-hetero) is 1. The zero-order chi connectivity index (χ0) is 22.6. The minimum atomic E-state index is 0.0724. The number of ether oxygens (including phenoxy) is 1. The van der Waals surface area contributed by atoms with Gasteiger partial charge in [-0.1, -0.05) is 72.4 Å². The molecule has 33 heavy (non-hydrogen) atoms. The summed E-state index contributed by atoms with van der Waals surface area (Å²) < 4.78 is 7.36. The highest BCUT2D eigenvalue weighted by Crippen LogP contribution is 2.37. The van der Waals surface area contributed by atoms with Gasteiger partial charge in [0.15, 0.2) is 5.78 Å². The van der Waals surface area contributed by atoms with E-state index in [1.54, 1.807) is 13.4 Å². The Morgan fingerprint density at radius 1 is 0.909 bits per heavy atom. The smallest absolute Gasteiger partial charge is 0.173 e. The Bertz CT molecular complexity index is 1400. The lowest BCUT2D eigenvalue weighted by molar-refractivity contribution is 0.102. The maximum atomic E-state index is 12.7. The van der Waals surface area contributed by atoms with E-state index < -0.39 is 0 Å². The van der Waals surface area contributed by atoms with Crippen molar-refractivity contribution in [2.24, 2.45) is 0 Å². The molecule has 2 aromatic heterocycles. The largest absolute Gasteiger partial charge is 0.497 e. The van der Waals surface area contributed by atoms with Crippen LogP contribution in [0.3, 0.4) is 0 Å². The van der Waals surface area contributed by atoms with Gasteiger partial charge in [-0.25, -0.2) is 9.97 Å². The van der Waals surface area contributed by atoms with Crippen LogP contribution < -0.4 is 4.74 Å². The molecular weight excluding hydrogens is 430 g/mol. The zero-order valence-electron chi connectivity index (χ0n) is 18.0. The van der Waals surface area contributed by atoms with Crippen LogP contribution in [0.1, 0.15) is 10.4 Å². The number of hydrogen-bond donors (Lipinski definition) is 0. The first-order chi connectivity index (χ1) is 16.2. The van der Waals surface area contributed by atoms with E-state index in [2.05, 4.69) is 32.9 Å². The average molecular weight is 452 g/mol. The van der Waals surface area contributed by atoms with Gasteiger partial charge in [-0.15, -0.1) is 0 Å². The van der Waals surface area contributed by atoms with Crippen LogP contribution in [0.4, 0.5) is 0 Å². The van der Waals surface area contributed by atoms with Crippen molar-refractivity contribution in [2.45, 2.75) is 5.03 Å². The predicted octanol–water partition coefficient (Wildman–Crippen LogP) is 6.07. The molecule has 6 heteroatoms. The Labute approximate surface area is 196 Å². The summed E-state index contributed by atoms with van der Waals surface area (Å²) in [6.45, 7) is 0. The molecule has 0 atom stereocenters. The highest BCUT2D eigenvalue weighted by molar-refractivity contribution is 8.00. The number of carbonyl (C=O) groups is 1. The fourth-order valence-electron chi connectivity index (χ4n) is 3.76. The molecule has 0 saturated carbocycles. The van der Waals surface area contributed by atoms with E-state index in [0.717, 1.165) is 38.6 Å². The molecule has 162 valence electrons. The van der Waals surface area contributed by atoms with Gasteiger partial charge < -0.3 is 9.30 Å². The standard InChI is InChI=1S/C27H21N3O2S/c1-32-22-14-12-21(13-15-22)30-16-23(19-8-4-2-5-9-19)25-26(30)28-18-29-27(25)33-17-24(31)20-10-6-3-7-11-20/h2-16,18H,17H2,1H3. The van der Waals surface area contributed by atoms with Crippen molar-refractivity contribution in [1.82, 2.24) is 14.5 Å². The Kier molecular flexibility index (Phi) is 5.91. The van der Waals surface area contributed by atoms with Crippen LogP contribution in [-0.2, 0) is 0 Å². The number of rotatable bonds is 7. The summed E-state index contributed by atoms with van der Waals surface area (Å²) in [5.41, 5.74) is 4.56. The molecular formula is C27H21N3O2S. The molecule has 5 aromatic rings. The Balaban J connectivity index is 1.60. The van der Waals surface area contributed by atoms with Crippen molar-refractivity contribution in [3.05, 3.63) is 103 Å². The number of methoxy groups -OCH3 is 1. The molecule has 0 fully saturated rings. The van der Waals surface area contributed by atoms with E-state index in [-0.39, 0.29) is 5.78 Å². The molecule has 5 nitrogen and oxygen atoms in total. The van der Waals surface area contributed by atoms with Crippen molar-refractivity contribution in [2.75, 3.05) is 12.9 Å². The quantitative estimate of drug-likeness (QED) is 0.171. The topological polar surface area (TPSA) is 57.0 Å². The Morgan fingerprint density at radius 3 is 2.30 bits per heavy atom. The summed E-state index contributed by atoms with van der Waals surface area (Å²) in [7, 11) is 1.65. The van der Waals surface area contributed by atoms with Gasteiger partial charge in [0.05, 0.1) is 18.2 Å². The highest BCUT2D eigenvalue weighted by atomic mass is 32.2. The van der Waals surface area contributed by atoms with Crippen molar-refractivity contribution >= 4 is 28.6 Å². The third kappa shape index (κ3) is 4.25. The molecule has 0 aliphatic heterocycles. The molecule has 0 saturated heterocycles. The van der Waals surface area contributed by atoms with E-state index in [0.29, 0.717) is 11.3 Å². The van der Waals surface area contributed by atoms with Crippen molar-refractivity contribution in [3.8, 4) is 22.6 Å². The molecule has 2 heterocycles. The second kappa shape index (κ2) is 9.30. The summed E-state index contributed by atoms with van der Waals surface area (Å²) >= 11 is 1.44. The fraction of sp³-hybridized carbons (Fsp3) is 0.0741. The van der Waals surface area contributed by atoms with Gasteiger partial charge in [-0.05, 0) is 29.8 Å². The summed E-state index contributed by atoms with van der Waals surface area (Å²) in [4.78, 5) is 21.9. The summed E-state index contributed by atoms with van der Waals surface area (Å²) in [6.07, 6.45) is 3.64. The molecule has 0 unspecified atom stereocenters. The molecule has 0 N–H and O–H groups in total. The number of hydrogen-bond acceptors (Lipinski definition) is 5. The molecule has 3 aromatic carbocycles. The van der Waals surface area contributed by atoms with Gasteiger partial charge in [0.25, 0.3) is 0 Å². The second-order valence-corrected chi connectivity index (χ2v) is 8.40. The SMILES string of the molecule is COc1ccc(-n2cc(-c3ccccc3)c3c(SCC(=O)c4ccccc4)ncnc32)cc1. The van der Waals surface area contributed by atoms with Crippen LogP contribution in [0, 0.1) is 0 Å². The Morgan fingerprint density at radius 2 is 1.61 bits per heavy atom. The van der Waals surface area contributed by atoms with Crippen LogP contribution in [0.25, 0.3) is 27.8 Å². The van der Waals surface area contributed by atoms with Gasteiger partial charge in [0.1, 0.15) is 22.7 Å². The fourth-order valence-corrected chi connectivity index (χ4v) is 4.66. The molecule has 0 aliphatic carbocycles. The minimum absolute atomic E-state index is 0.0724. The van der Waals surface area contributed by atoms with Crippen LogP contribution in [-0.4, -0.2) is 33.2 Å². The third-order valence-electron chi connectivity index (χ3n) is 5.42. The van der Waals surface area contributed by atoms with Gasteiger partial charge in [0, 0.05) is 23.0 Å². The van der Waals surface area contributed by atoms with Gasteiger partial charge in [-0.2, -0.15) is 0 Å². The first-order valence-corrected chi connectivity index (χ1v) is 11.5. The summed E-state index contributed by atoms with van der Waals surface area (Å²) in [6, 6.07) is 27.4. The van der Waals surface area contributed by atoms with Crippen LogP contribution in [0.15, 0.2) is 102 Å². The first kappa shape index (κ1) is 21.0. The second-order valence-electron chi connectivity index (χ2n) is 7.43. The lowest BCUT2D eigenvalue weighted by Gasteiger charge is -2.07. The van der Waals surface area contributed by atoms with E-state index in [4.69, 9.17) is 4.74 Å². The average Bonchev–Trinajstić information content (AvgIpc) is 3.29. The maximum Gasteiger partial charge on any atom is 0.173 e. The van der Waals surface area contributed by atoms with Crippen molar-refractivity contribution in [3.63, 3.8) is 0 Å². The Hall–Kier alpha value is -3.90. The van der Waals surface area contributed by atoms with E-state index in [1.807, 2.05) is 72.8 Å². The summed E-state index contributed by atoms with van der Waals surface area (Å²) in [5, 5.41) is 1.72. The lowest BCUT2D eigenvalue weighted by Crippen LogP contribution is -2.02. The normalized spacial score (nSPS) is 10.9. The molecule has 0 spiro atoms. The van der Waals surface area contributed by atoms with E-state index in [1.165, 1.54) is 11.8 Å². The lowest BCUT2D eigenvalue weighted by atomic mass is 10.1. The van der Waals surface area contributed by atoms with Crippen molar-refractivity contribution < 1.29 is 9.53 Å². The van der Waals surface area contributed by atoms with Crippen LogP contribution in [0.2, 0.25) is 0 Å². The zero-order valence-corrected chi connectivity index (χ0v) is 18.8. The number of carbonyl (C=O) groups excluding carboxylic acids is 1. The van der Waals surface area contributed by atoms with Crippen molar-refractivity contribution in [1.29, 1.82) is 0 Å². The highest BCUT2D eigenvalue weighted by Gasteiger charge is 2.18. The van der Waals surface area contributed by atoms with Crippen LogP contribution >= 0.6 is 11.8 Å². The summed E-state index contributed by atoms with van der Waals surface area (Å²) in [5.74, 6) is 1.17. The number of nitrogens with zero attached hydrogens (tertiary/aromatic N) is 3. The van der Waals surface area contributed by atoms with Gasteiger partial charge in [0.2, 0.25) is 0 Å². The third-order valence-corrected chi connectivity index (χ3v) is 6.41. The molecule has 0 radical (unpaired) electrons. The number of benzene rings is 3. The molecule has 0 bridgehead atoms. The molecule has 0 aliphatic rings. The maximum absolute atomic E-state index is 12.7. The molecule has 5 rings (SSSR count). The van der Waals surface area contributed by atoms with E-state index in [9.17, 15) is 4.79 Å². The first-order valence-electron chi connectivity index (χ1n) is 10.5. The van der Waals surface area contributed by atoms with Crippen LogP contribution in [0.5, 0.6) is 5.75 Å². The minimum Gasteiger partial charge on any atom is -0.497 e. The number of thioether (sulfide) groups is 1. The number of aromatic nitrogens is 3. The number of fused-ring (bicyclic) bond motifs is 1. The predicted molar refractivity (Wildman–Crippen MR) is 132 cm³/mol. The number of ketones is 1. The van der Waals surface area contributed by atoms with Gasteiger partial charge >= 0.3 is 0 Å².